The van der Waals surface area contributed by atoms with Crippen molar-refractivity contribution in [2.75, 3.05) is 12.4 Å². The van der Waals surface area contributed by atoms with E-state index in [1.54, 1.807) is 12.1 Å². The molecule has 0 saturated heterocycles. The van der Waals surface area contributed by atoms with Gasteiger partial charge in [-0.15, -0.1) is 0 Å². The van der Waals surface area contributed by atoms with Gasteiger partial charge in [0.2, 0.25) is 0 Å². The van der Waals surface area contributed by atoms with Crippen LogP contribution in [0.2, 0.25) is 0 Å². The van der Waals surface area contributed by atoms with Gasteiger partial charge in [-0.25, -0.2) is 4.79 Å². The Morgan fingerprint density at radius 3 is 2.50 bits per heavy atom. The smallest absolute Gasteiger partial charge is 0.339 e. The summed E-state index contributed by atoms with van der Waals surface area (Å²) < 4.78 is 42.9. The highest BCUT2D eigenvalue weighted by Gasteiger charge is 2.51. The number of halogens is 3. The summed E-state index contributed by atoms with van der Waals surface area (Å²) in [4.78, 5) is 25.0. The maximum atomic E-state index is 12.7. The molecule has 2 saturated carbocycles. The van der Waals surface area contributed by atoms with Gasteiger partial charge in [-0.05, 0) is 69.2 Å². The number of ether oxygens (including phenoxy) is 2. The van der Waals surface area contributed by atoms with Crippen LogP contribution in [-0.2, 0) is 24.4 Å². The predicted octanol–water partition coefficient (Wildman–Crippen LogP) is 3.98. The number of hydrogen-bond donors (Lipinski definition) is 1. The van der Waals surface area contributed by atoms with E-state index in [1.165, 1.54) is 0 Å². The SMILES string of the molecule is O=C(OC1CC2CC(C(=O)OCCS(=O)(=O)O)C1C2)c1cc(Br)cc(Br)c1Br. The second kappa shape index (κ2) is 8.71. The quantitative estimate of drug-likeness (QED) is 0.297. The minimum absolute atomic E-state index is 0.151. The molecule has 28 heavy (non-hydrogen) atoms. The Kier molecular flexibility index (Phi) is 6.90. The molecule has 0 radical (unpaired) electrons. The van der Waals surface area contributed by atoms with E-state index in [1.807, 2.05) is 0 Å². The van der Waals surface area contributed by atoms with E-state index in [4.69, 9.17) is 14.0 Å². The van der Waals surface area contributed by atoms with Crippen molar-refractivity contribution < 1.29 is 32.0 Å². The molecule has 2 aliphatic rings. The summed E-state index contributed by atoms with van der Waals surface area (Å²) in [6.07, 6.45) is 1.70. The normalized spacial score (nSPS) is 26.3. The highest BCUT2D eigenvalue weighted by molar-refractivity contribution is 9.13. The van der Waals surface area contributed by atoms with E-state index in [-0.39, 0.29) is 11.8 Å². The number of fused-ring (bicyclic) bond motifs is 2. The van der Waals surface area contributed by atoms with Crippen molar-refractivity contribution in [3.8, 4) is 0 Å². The molecule has 11 heteroatoms. The molecule has 0 spiro atoms. The monoisotopic (exact) mass is 602 g/mol. The van der Waals surface area contributed by atoms with Gasteiger partial charge in [0, 0.05) is 19.3 Å². The van der Waals surface area contributed by atoms with Crippen LogP contribution < -0.4 is 0 Å². The summed E-state index contributed by atoms with van der Waals surface area (Å²) in [5, 5.41) is 0. The first-order chi connectivity index (χ1) is 13.0. The number of carbonyl (C=O) groups is 2. The fourth-order valence-electron chi connectivity index (χ4n) is 3.95. The maximum Gasteiger partial charge on any atom is 0.339 e. The predicted molar refractivity (Wildman–Crippen MR) is 110 cm³/mol. The molecule has 4 atom stereocenters. The lowest BCUT2D eigenvalue weighted by atomic mass is 9.86. The van der Waals surface area contributed by atoms with Crippen LogP contribution in [0, 0.1) is 17.8 Å². The van der Waals surface area contributed by atoms with Gasteiger partial charge in [0.15, 0.2) is 0 Å². The Morgan fingerprint density at radius 1 is 1.14 bits per heavy atom. The third kappa shape index (κ3) is 5.16. The number of esters is 2. The summed E-state index contributed by atoms with van der Waals surface area (Å²) in [5.74, 6) is -1.95. The number of carbonyl (C=O) groups excluding carboxylic acids is 2. The Labute approximate surface area is 187 Å². The van der Waals surface area contributed by atoms with Crippen LogP contribution in [0.15, 0.2) is 25.6 Å². The van der Waals surface area contributed by atoms with Crippen molar-refractivity contribution >= 4 is 69.8 Å². The third-order valence-corrected chi connectivity index (χ3v) is 8.26. The first kappa shape index (κ1) is 22.2. The zero-order valence-electron chi connectivity index (χ0n) is 14.4. The second-order valence-electron chi connectivity index (χ2n) is 6.99. The van der Waals surface area contributed by atoms with Crippen molar-refractivity contribution in [1.82, 2.24) is 0 Å². The minimum Gasteiger partial charge on any atom is -0.464 e. The summed E-state index contributed by atoms with van der Waals surface area (Å²) in [5.41, 5.74) is 0.372. The Morgan fingerprint density at radius 2 is 1.86 bits per heavy atom. The zero-order valence-corrected chi connectivity index (χ0v) is 20.0. The van der Waals surface area contributed by atoms with Crippen molar-refractivity contribution in [3.05, 3.63) is 31.1 Å². The molecule has 0 amide bonds. The van der Waals surface area contributed by atoms with Crippen LogP contribution >= 0.6 is 47.8 Å². The van der Waals surface area contributed by atoms with Crippen molar-refractivity contribution in [3.63, 3.8) is 0 Å². The summed E-state index contributed by atoms with van der Waals surface area (Å²) in [6, 6.07) is 3.46. The van der Waals surface area contributed by atoms with E-state index in [0.717, 1.165) is 10.9 Å². The molecule has 0 aromatic heterocycles. The van der Waals surface area contributed by atoms with Crippen molar-refractivity contribution in [2.24, 2.45) is 17.8 Å². The summed E-state index contributed by atoms with van der Waals surface area (Å²) >= 11 is 10.1. The molecule has 154 valence electrons. The lowest BCUT2D eigenvalue weighted by molar-refractivity contribution is -0.151. The third-order valence-electron chi connectivity index (χ3n) is 5.11. The molecule has 2 bridgehead atoms. The van der Waals surface area contributed by atoms with Crippen LogP contribution in [0.5, 0.6) is 0 Å². The van der Waals surface area contributed by atoms with Gasteiger partial charge in [-0.1, -0.05) is 15.9 Å². The van der Waals surface area contributed by atoms with E-state index in [9.17, 15) is 18.0 Å². The van der Waals surface area contributed by atoms with Crippen LogP contribution in [0.4, 0.5) is 0 Å². The molecule has 1 N–H and O–H groups in total. The van der Waals surface area contributed by atoms with Crippen molar-refractivity contribution in [1.29, 1.82) is 0 Å². The van der Waals surface area contributed by atoms with Crippen LogP contribution in [0.25, 0.3) is 0 Å². The van der Waals surface area contributed by atoms with Gasteiger partial charge < -0.3 is 9.47 Å². The average molecular weight is 605 g/mol. The molecule has 2 aliphatic carbocycles. The Bertz CT molecular complexity index is 902. The van der Waals surface area contributed by atoms with Gasteiger partial charge >= 0.3 is 11.9 Å². The fraction of sp³-hybridized carbons (Fsp3) is 0.529. The summed E-state index contributed by atoms with van der Waals surface area (Å²) in [7, 11) is -4.18. The number of rotatable bonds is 6. The largest absolute Gasteiger partial charge is 0.464 e. The molecule has 1 aromatic rings. The van der Waals surface area contributed by atoms with Gasteiger partial charge in [0.1, 0.15) is 18.5 Å². The zero-order chi connectivity index (χ0) is 20.6. The fourth-order valence-corrected chi connectivity index (χ4v) is 5.86. The Balaban J connectivity index is 1.64. The van der Waals surface area contributed by atoms with Crippen LogP contribution in [0.1, 0.15) is 29.6 Å². The molecule has 2 fully saturated rings. The molecule has 4 unspecified atom stereocenters. The first-order valence-corrected chi connectivity index (χ1v) is 12.5. The molecule has 0 heterocycles. The summed E-state index contributed by atoms with van der Waals surface area (Å²) in [6.45, 7) is -0.394. The van der Waals surface area contributed by atoms with E-state index in [2.05, 4.69) is 47.8 Å². The number of benzene rings is 1. The van der Waals surface area contributed by atoms with Gasteiger partial charge in [0.05, 0.1) is 11.5 Å². The lowest BCUT2D eigenvalue weighted by Crippen LogP contribution is -2.35. The first-order valence-electron chi connectivity index (χ1n) is 8.52. The molecule has 1 aromatic carbocycles. The molecule has 7 nitrogen and oxygen atoms in total. The Hall–Kier alpha value is -0.490. The minimum atomic E-state index is -4.18. The van der Waals surface area contributed by atoms with E-state index >= 15 is 0 Å². The standard InChI is InChI=1S/C17H17Br3O7S/c18-9-6-12(15(20)13(19)7-9)17(22)27-14-5-8-3-10(14)11(4-8)16(21)26-1-2-28(23,24)25/h6-8,10-11,14H,1-5H2,(H,23,24,25). The highest BCUT2D eigenvalue weighted by Crippen LogP contribution is 2.50. The van der Waals surface area contributed by atoms with Crippen molar-refractivity contribution in [2.45, 2.75) is 25.4 Å². The lowest BCUT2D eigenvalue weighted by Gasteiger charge is -2.28. The van der Waals surface area contributed by atoms with Crippen LogP contribution in [0.3, 0.4) is 0 Å². The highest BCUT2D eigenvalue weighted by atomic mass is 79.9. The average Bonchev–Trinajstić information content (AvgIpc) is 3.17. The number of hydrogen-bond acceptors (Lipinski definition) is 6. The van der Waals surface area contributed by atoms with E-state index in [0.29, 0.717) is 27.4 Å². The van der Waals surface area contributed by atoms with E-state index < -0.39 is 46.4 Å². The van der Waals surface area contributed by atoms with Gasteiger partial charge in [-0.2, -0.15) is 8.42 Å². The molecule has 0 aliphatic heterocycles. The molecular weight excluding hydrogens is 588 g/mol. The second-order valence-corrected chi connectivity index (χ2v) is 11.1. The molecule has 3 rings (SSSR count). The van der Waals surface area contributed by atoms with Gasteiger partial charge in [0.25, 0.3) is 10.1 Å². The maximum absolute atomic E-state index is 12.7. The molecular formula is C17H17Br3O7S. The van der Waals surface area contributed by atoms with Crippen LogP contribution in [-0.4, -0.2) is 43.4 Å². The van der Waals surface area contributed by atoms with Gasteiger partial charge in [-0.3, -0.25) is 9.35 Å². The topological polar surface area (TPSA) is 107 Å².